The Kier molecular flexibility index (Phi) is 5.60. The summed E-state index contributed by atoms with van der Waals surface area (Å²) in [4.78, 5) is 24.3. The van der Waals surface area contributed by atoms with Crippen LogP contribution in [-0.2, 0) is 9.53 Å². The second-order valence-corrected chi connectivity index (χ2v) is 5.84. The summed E-state index contributed by atoms with van der Waals surface area (Å²) in [5, 5.41) is 11.8. The number of nitrogens with one attached hydrogen (secondary N) is 1. The molecule has 1 unspecified atom stereocenters. The van der Waals surface area contributed by atoms with Gasteiger partial charge in [-0.2, -0.15) is 0 Å². The molecule has 1 heterocycles. The lowest BCUT2D eigenvalue weighted by atomic mass is 9.90. The Balaban J connectivity index is 2.34. The van der Waals surface area contributed by atoms with Crippen molar-refractivity contribution in [1.82, 2.24) is 10.2 Å². The van der Waals surface area contributed by atoms with Gasteiger partial charge in [0.2, 0.25) is 0 Å². The molecule has 0 radical (unpaired) electrons. The standard InChI is InChI=1S/C13H24N2O4/c1-13(2,5-7-19-3)9-14-12(18)15-6-4-10(8-15)11(16)17/h10H,4-9H2,1-3H3,(H,14,18)(H,16,17). The molecule has 1 atom stereocenters. The number of aliphatic carboxylic acids is 1. The number of methoxy groups -OCH3 is 1. The molecule has 0 bridgehead atoms. The van der Waals surface area contributed by atoms with E-state index in [0.717, 1.165) is 6.42 Å². The van der Waals surface area contributed by atoms with Gasteiger partial charge >= 0.3 is 12.0 Å². The van der Waals surface area contributed by atoms with Crippen LogP contribution in [0.2, 0.25) is 0 Å². The zero-order valence-corrected chi connectivity index (χ0v) is 11.9. The summed E-state index contributed by atoms with van der Waals surface area (Å²) in [7, 11) is 1.66. The van der Waals surface area contributed by atoms with Gasteiger partial charge in [-0.1, -0.05) is 13.8 Å². The molecule has 1 rings (SSSR count). The molecule has 0 aliphatic carbocycles. The monoisotopic (exact) mass is 272 g/mol. The van der Waals surface area contributed by atoms with Gasteiger partial charge in [0.1, 0.15) is 0 Å². The van der Waals surface area contributed by atoms with E-state index in [1.807, 2.05) is 0 Å². The molecule has 0 aromatic carbocycles. The van der Waals surface area contributed by atoms with E-state index in [1.54, 1.807) is 12.0 Å². The minimum absolute atomic E-state index is 0.0302. The molecule has 0 saturated carbocycles. The number of carboxylic acid groups (broad SMARTS) is 1. The number of carbonyl (C=O) groups excluding carboxylic acids is 1. The molecule has 6 nitrogen and oxygen atoms in total. The third-order valence-corrected chi connectivity index (χ3v) is 3.53. The van der Waals surface area contributed by atoms with Gasteiger partial charge in [-0.15, -0.1) is 0 Å². The Bertz CT molecular complexity index is 331. The minimum Gasteiger partial charge on any atom is -0.481 e. The molecule has 1 fully saturated rings. The summed E-state index contributed by atoms with van der Waals surface area (Å²) in [6.07, 6.45) is 1.40. The number of urea groups is 1. The van der Waals surface area contributed by atoms with Gasteiger partial charge in [0.15, 0.2) is 0 Å². The van der Waals surface area contributed by atoms with Crippen molar-refractivity contribution in [1.29, 1.82) is 0 Å². The number of amides is 2. The molecule has 1 aliphatic heterocycles. The lowest BCUT2D eigenvalue weighted by molar-refractivity contribution is -0.141. The molecule has 1 saturated heterocycles. The highest BCUT2D eigenvalue weighted by Gasteiger charge is 2.31. The van der Waals surface area contributed by atoms with Crippen LogP contribution in [-0.4, -0.2) is 55.4 Å². The average Bonchev–Trinajstić information content (AvgIpc) is 2.83. The van der Waals surface area contributed by atoms with E-state index >= 15 is 0 Å². The first-order valence-electron chi connectivity index (χ1n) is 6.60. The fraction of sp³-hybridized carbons (Fsp3) is 0.846. The van der Waals surface area contributed by atoms with Gasteiger partial charge in [0.25, 0.3) is 0 Å². The van der Waals surface area contributed by atoms with Gasteiger partial charge in [-0.25, -0.2) is 4.79 Å². The molecule has 19 heavy (non-hydrogen) atoms. The van der Waals surface area contributed by atoms with Crippen molar-refractivity contribution in [2.45, 2.75) is 26.7 Å². The van der Waals surface area contributed by atoms with E-state index in [1.165, 1.54) is 0 Å². The van der Waals surface area contributed by atoms with Crippen LogP contribution in [0.15, 0.2) is 0 Å². The van der Waals surface area contributed by atoms with Crippen LogP contribution < -0.4 is 5.32 Å². The predicted octanol–water partition coefficient (Wildman–Crippen LogP) is 1.17. The summed E-state index contributed by atoms with van der Waals surface area (Å²) in [6.45, 7) is 6.17. The fourth-order valence-corrected chi connectivity index (χ4v) is 2.04. The maximum Gasteiger partial charge on any atom is 0.317 e. The summed E-state index contributed by atoms with van der Waals surface area (Å²) in [5.74, 6) is -1.25. The van der Waals surface area contributed by atoms with Crippen molar-refractivity contribution in [2.75, 3.05) is 33.4 Å². The summed E-state index contributed by atoms with van der Waals surface area (Å²) >= 11 is 0. The van der Waals surface area contributed by atoms with Crippen molar-refractivity contribution >= 4 is 12.0 Å². The minimum atomic E-state index is -0.823. The first-order valence-corrected chi connectivity index (χ1v) is 6.60. The highest BCUT2D eigenvalue weighted by atomic mass is 16.5. The Morgan fingerprint density at radius 1 is 1.47 bits per heavy atom. The normalized spacial score (nSPS) is 19.5. The first-order chi connectivity index (χ1) is 8.85. The molecule has 0 spiro atoms. The van der Waals surface area contributed by atoms with Crippen LogP contribution in [0, 0.1) is 11.3 Å². The van der Waals surface area contributed by atoms with Crippen molar-refractivity contribution in [3.63, 3.8) is 0 Å². The van der Waals surface area contributed by atoms with Crippen molar-refractivity contribution in [3.05, 3.63) is 0 Å². The molecule has 2 N–H and O–H groups in total. The quantitative estimate of drug-likeness (QED) is 0.760. The number of hydrogen-bond donors (Lipinski definition) is 2. The summed E-state index contributed by atoms with van der Waals surface area (Å²) in [6, 6.07) is -0.172. The van der Waals surface area contributed by atoms with Crippen LogP contribution in [0.5, 0.6) is 0 Å². The smallest absolute Gasteiger partial charge is 0.317 e. The van der Waals surface area contributed by atoms with Crippen LogP contribution in [0.4, 0.5) is 4.79 Å². The Morgan fingerprint density at radius 2 is 2.16 bits per heavy atom. The lowest BCUT2D eigenvalue weighted by Gasteiger charge is -2.26. The van der Waals surface area contributed by atoms with Crippen LogP contribution >= 0.6 is 0 Å². The second kappa shape index (κ2) is 6.75. The number of carboxylic acids is 1. The molecular weight excluding hydrogens is 248 g/mol. The van der Waals surface area contributed by atoms with Crippen LogP contribution in [0.1, 0.15) is 26.7 Å². The third-order valence-electron chi connectivity index (χ3n) is 3.53. The molecule has 110 valence electrons. The highest BCUT2D eigenvalue weighted by molar-refractivity contribution is 5.77. The number of ether oxygens (including phenoxy) is 1. The van der Waals surface area contributed by atoms with E-state index in [9.17, 15) is 9.59 Å². The average molecular weight is 272 g/mol. The molecule has 2 amide bonds. The fourth-order valence-electron chi connectivity index (χ4n) is 2.04. The van der Waals surface area contributed by atoms with E-state index in [4.69, 9.17) is 9.84 Å². The van der Waals surface area contributed by atoms with Crippen molar-refractivity contribution in [3.8, 4) is 0 Å². The van der Waals surface area contributed by atoms with Gasteiger partial charge in [-0.3, -0.25) is 4.79 Å². The zero-order chi connectivity index (χ0) is 14.5. The molecule has 0 aromatic rings. The maximum absolute atomic E-state index is 11.9. The highest BCUT2D eigenvalue weighted by Crippen LogP contribution is 2.20. The van der Waals surface area contributed by atoms with Gasteiger partial charge < -0.3 is 20.1 Å². The topological polar surface area (TPSA) is 78.9 Å². The van der Waals surface area contributed by atoms with Gasteiger partial charge in [-0.05, 0) is 18.3 Å². The van der Waals surface area contributed by atoms with Crippen molar-refractivity contribution in [2.24, 2.45) is 11.3 Å². The maximum atomic E-state index is 11.9. The van der Waals surface area contributed by atoms with Gasteiger partial charge in [0.05, 0.1) is 5.92 Å². The first kappa shape index (κ1) is 15.8. The number of likely N-dealkylation sites (tertiary alicyclic amines) is 1. The van der Waals surface area contributed by atoms with Crippen LogP contribution in [0.3, 0.4) is 0 Å². The Morgan fingerprint density at radius 3 is 2.68 bits per heavy atom. The summed E-state index contributed by atoms with van der Waals surface area (Å²) < 4.78 is 5.04. The van der Waals surface area contributed by atoms with E-state index in [-0.39, 0.29) is 11.4 Å². The Hall–Kier alpha value is -1.30. The molecule has 6 heteroatoms. The van der Waals surface area contributed by atoms with E-state index in [0.29, 0.717) is 32.7 Å². The summed E-state index contributed by atoms with van der Waals surface area (Å²) in [5.41, 5.74) is -0.0302. The predicted molar refractivity (Wildman–Crippen MR) is 71.0 cm³/mol. The number of hydrogen-bond acceptors (Lipinski definition) is 3. The van der Waals surface area contributed by atoms with Crippen molar-refractivity contribution < 1.29 is 19.4 Å². The second-order valence-electron chi connectivity index (χ2n) is 5.84. The largest absolute Gasteiger partial charge is 0.481 e. The van der Waals surface area contributed by atoms with E-state index < -0.39 is 11.9 Å². The molecule has 0 aromatic heterocycles. The third kappa shape index (κ3) is 5.06. The molecular formula is C13H24N2O4. The van der Waals surface area contributed by atoms with Gasteiger partial charge in [0, 0.05) is 33.4 Å². The zero-order valence-electron chi connectivity index (χ0n) is 11.9. The number of rotatable bonds is 6. The lowest BCUT2D eigenvalue weighted by Crippen LogP contribution is -2.43. The van der Waals surface area contributed by atoms with E-state index in [2.05, 4.69) is 19.2 Å². The molecule has 1 aliphatic rings. The SMILES string of the molecule is COCCC(C)(C)CNC(=O)N1CCC(C(=O)O)C1. The van der Waals surface area contributed by atoms with Crippen LogP contribution in [0.25, 0.3) is 0 Å². The number of carbonyl (C=O) groups is 2. The number of nitrogens with zero attached hydrogens (tertiary/aromatic N) is 1. The Labute approximate surface area is 114 Å².